The number of benzene rings is 1. The number of ether oxygens (including phenoxy) is 1. The molecule has 1 aliphatic rings. The summed E-state index contributed by atoms with van der Waals surface area (Å²) in [7, 11) is 0. The number of aromatic hydroxyl groups is 1. The van der Waals surface area contributed by atoms with Gasteiger partial charge in [-0.3, -0.25) is 4.98 Å². The summed E-state index contributed by atoms with van der Waals surface area (Å²) in [6.45, 7) is 12.0. The fourth-order valence-electron chi connectivity index (χ4n) is 5.48. The first-order chi connectivity index (χ1) is 21.0. The number of carbonyl (C=O) groups excluding carboxylic acids is 1. The second-order valence-corrected chi connectivity index (χ2v) is 12.6. The van der Waals surface area contributed by atoms with Crippen molar-refractivity contribution in [3.8, 4) is 22.7 Å². The van der Waals surface area contributed by atoms with Crippen molar-refractivity contribution in [3.05, 3.63) is 69.9 Å². The summed E-state index contributed by atoms with van der Waals surface area (Å²) in [5.74, 6) is -2.39. The summed E-state index contributed by atoms with van der Waals surface area (Å²) < 4.78 is 52.9. The lowest BCUT2D eigenvalue weighted by molar-refractivity contribution is 0.0218. The van der Waals surface area contributed by atoms with Crippen LogP contribution in [0.2, 0.25) is 0 Å². The monoisotopic (exact) mass is 624 g/mol. The molecule has 1 aliphatic heterocycles. The standard InChI is InChI=1S/C32H35F3N6O4/c1-17-11-12-36-26(32(6,7)35)25(17)41-28-19(15-21(34)24(37-28)23-20(33)9-8-10-22(23)42)27(38-29(41)43)40-14-13-39(16-18(40)2)30(44)45-31(3,4)5/h8-12,15,18,42H,13-14,16H2,1-7H3/t18-/m0/s1. The Hall–Kier alpha value is -4.68. The van der Waals surface area contributed by atoms with E-state index in [-0.39, 0.29) is 47.9 Å². The molecule has 0 radical (unpaired) electrons. The number of hydrogen-bond donors (Lipinski definition) is 1. The highest BCUT2D eigenvalue weighted by molar-refractivity contribution is 5.91. The van der Waals surface area contributed by atoms with Crippen LogP contribution in [0.3, 0.4) is 0 Å². The van der Waals surface area contributed by atoms with Crippen molar-refractivity contribution in [2.24, 2.45) is 0 Å². The molecule has 1 atom stereocenters. The van der Waals surface area contributed by atoms with E-state index in [1.807, 2.05) is 6.92 Å². The number of phenols is 1. The van der Waals surface area contributed by atoms with E-state index in [2.05, 4.69) is 15.0 Å². The first-order valence-corrected chi connectivity index (χ1v) is 14.5. The maximum atomic E-state index is 15.9. The van der Waals surface area contributed by atoms with Gasteiger partial charge in [0, 0.05) is 31.9 Å². The number of anilines is 1. The molecule has 238 valence electrons. The van der Waals surface area contributed by atoms with Gasteiger partial charge in [0.15, 0.2) is 11.5 Å². The van der Waals surface area contributed by atoms with Crippen molar-refractivity contribution in [3.63, 3.8) is 0 Å². The van der Waals surface area contributed by atoms with Gasteiger partial charge < -0.3 is 19.6 Å². The fourth-order valence-corrected chi connectivity index (χ4v) is 5.48. The molecule has 0 unspecified atom stereocenters. The molecule has 5 rings (SSSR count). The molecule has 0 aliphatic carbocycles. The van der Waals surface area contributed by atoms with Gasteiger partial charge in [-0.05, 0) is 78.3 Å². The van der Waals surface area contributed by atoms with Crippen molar-refractivity contribution in [1.29, 1.82) is 0 Å². The van der Waals surface area contributed by atoms with E-state index < -0.39 is 57.7 Å². The van der Waals surface area contributed by atoms with Gasteiger partial charge in [0.1, 0.15) is 40.0 Å². The van der Waals surface area contributed by atoms with Gasteiger partial charge in [-0.25, -0.2) is 32.3 Å². The van der Waals surface area contributed by atoms with E-state index >= 15 is 8.78 Å². The predicted molar refractivity (Wildman–Crippen MR) is 163 cm³/mol. The number of nitrogens with zero attached hydrogens (tertiary/aromatic N) is 6. The van der Waals surface area contributed by atoms with Gasteiger partial charge >= 0.3 is 11.8 Å². The Morgan fingerprint density at radius 2 is 1.78 bits per heavy atom. The number of aryl methyl sites for hydroxylation is 1. The molecule has 1 fully saturated rings. The Morgan fingerprint density at radius 1 is 1.07 bits per heavy atom. The van der Waals surface area contributed by atoms with Crippen LogP contribution in [0.5, 0.6) is 5.75 Å². The van der Waals surface area contributed by atoms with E-state index in [0.717, 1.165) is 16.7 Å². The zero-order valence-corrected chi connectivity index (χ0v) is 26.2. The molecule has 1 amide bonds. The molecule has 1 aromatic carbocycles. The van der Waals surface area contributed by atoms with Crippen molar-refractivity contribution >= 4 is 22.9 Å². The zero-order chi connectivity index (χ0) is 33.0. The zero-order valence-electron chi connectivity index (χ0n) is 26.2. The Balaban J connectivity index is 1.76. The van der Waals surface area contributed by atoms with Crippen molar-refractivity contribution in [2.45, 2.75) is 65.8 Å². The Bertz CT molecular complexity index is 1850. The minimum Gasteiger partial charge on any atom is -0.507 e. The normalized spacial score (nSPS) is 15.9. The second-order valence-electron chi connectivity index (χ2n) is 12.6. The number of alkyl halides is 1. The molecule has 0 saturated carbocycles. The second kappa shape index (κ2) is 11.4. The molecule has 3 aromatic heterocycles. The third kappa shape index (κ3) is 6.03. The average Bonchev–Trinajstić information content (AvgIpc) is 2.92. The molecule has 0 spiro atoms. The van der Waals surface area contributed by atoms with Gasteiger partial charge in [0.25, 0.3) is 0 Å². The van der Waals surface area contributed by atoms with Gasteiger partial charge in [-0.2, -0.15) is 4.98 Å². The van der Waals surface area contributed by atoms with Gasteiger partial charge in [0.05, 0.1) is 16.6 Å². The minimum atomic E-state index is -2.01. The number of fused-ring (bicyclic) bond motifs is 1. The summed E-state index contributed by atoms with van der Waals surface area (Å²) in [6.07, 6.45) is 0.921. The molecule has 13 heteroatoms. The molecular weight excluding hydrogens is 589 g/mol. The lowest BCUT2D eigenvalue weighted by Crippen LogP contribution is -2.55. The SMILES string of the molecule is Cc1ccnc(C(C)(C)F)c1-n1c(=O)nc(N2CCN(C(=O)OC(C)(C)C)C[C@@H]2C)c2cc(F)c(-c3c(O)cccc3F)nc21. The van der Waals surface area contributed by atoms with Crippen molar-refractivity contribution in [2.75, 3.05) is 24.5 Å². The summed E-state index contributed by atoms with van der Waals surface area (Å²) in [5.41, 5.74) is -4.31. The quantitative estimate of drug-likeness (QED) is 0.304. The van der Waals surface area contributed by atoms with Gasteiger partial charge in [-0.1, -0.05) is 6.07 Å². The Kier molecular flexibility index (Phi) is 8.01. The fraction of sp³-hybridized carbons (Fsp3) is 0.406. The first kappa shape index (κ1) is 31.7. The van der Waals surface area contributed by atoms with Crippen LogP contribution in [0.4, 0.5) is 23.8 Å². The summed E-state index contributed by atoms with van der Waals surface area (Å²) in [6, 6.07) is 5.76. The summed E-state index contributed by atoms with van der Waals surface area (Å²) in [5, 5.41) is 10.6. The smallest absolute Gasteiger partial charge is 0.410 e. The van der Waals surface area contributed by atoms with Crippen molar-refractivity contribution in [1.82, 2.24) is 24.4 Å². The molecule has 4 aromatic rings. The van der Waals surface area contributed by atoms with Crippen LogP contribution < -0.4 is 10.6 Å². The molecule has 1 saturated heterocycles. The highest BCUT2D eigenvalue weighted by Gasteiger charge is 2.34. The third-order valence-corrected chi connectivity index (χ3v) is 7.49. The van der Waals surface area contributed by atoms with Crippen LogP contribution in [-0.2, 0) is 10.4 Å². The first-order valence-electron chi connectivity index (χ1n) is 14.5. The topological polar surface area (TPSA) is 114 Å². The number of aromatic nitrogens is 4. The lowest BCUT2D eigenvalue weighted by atomic mass is 10.0. The van der Waals surface area contributed by atoms with E-state index in [4.69, 9.17) is 4.74 Å². The molecule has 45 heavy (non-hydrogen) atoms. The van der Waals surface area contributed by atoms with Crippen LogP contribution in [0, 0.1) is 18.6 Å². The highest BCUT2D eigenvalue weighted by atomic mass is 19.1. The predicted octanol–water partition coefficient (Wildman–Crippen LogP) is 5.79. The van der Waals surface area contributed by atoms with Crippen molar-refractivity contribution < 1.29 is 27.8 Å². The third-order valence-electron chi connectivity index (χ3n) is 7.49. The Morgan fingerprint density at radius 3 is 2.40 bits per heavy atom. The maximum absolute atomic E-state index is 15.9. The molecule has 1 N–H and O–H groups in total. The number of piperazine rings is 1. The average molecular weight is 625 g/mol. The van der Waals surface area contributed by atoms with Crippen LogP contribution in [0.1, 0.15) is 52.8 Å². The number of phenolic OH excluding ortho intramolecular Hbond substituents is 1. The lowest BCUT2D eigenvalue weighted by Gasteiger charge is -2.41. The number of amides is 1. The van der Waals surface area contributed by atoms with E-state index in [9.17, 15) is 19.1 Å². The maximum Gasteiger partial charge on any atom is 0.410 e. The van der Waals surface area contributed by atoms with E-state index in [0.29, 0.717) is 5.56 Å². The van der Waals surface area contributed by atoms with E-state index in [1.165, 1.54) is 32.2 Å². The number of hydrogen-bond acceptors (Lipinski definition) is 8. The van der Waals surface area contributed by atoms with E-state index in [1.54, 1.807) is 43.6 Å². The number of rotatable bonds is 4. The molecule has 10 nitrogen and oxygen atoms in total. The number of carbonyl (C=O) groups is 1. The molecule has 4 heterocycles. The largest absolute Gasteiger partial charge is 0.507 e. The molecular formula is C32H35F3N6O4. The summed E-state index contributed by atoms with van der Waals surface area (Å²) >= 11 is 0. The number of pyridine rings is 2. The summed E-state index contributed by atoms with van der Waals surface area (Å²) in [4.78, 5) is 43.0. The van der Waals surface area contributed by atoms with Crippen LogP contribution >= 0.6 is 0 Å². The number of halogens is 3. The highest BCUT2D eigenvalue weighted by Crippen LogP contribution is 2.37. The van der Waals surface area contributed by atoms with Gasteiger partial charge in [-0.15, -0.1) is 0 Å². The Labute approximate surface area is 258 Å². The van der Waals surface area contributed by atoms with Gasteiger partial charge in [0.2, 0.25) is 0 Å². The van der Waals surface area contributed by atoms with Crippen LogP contribution in [-0.4, -0.2) is 66.9 Å². The minimum absolute atomic E-state index is 0.0599. The van der Waals surface area contributed by atoms with Crippen LogP contribution in [0.25, 0.3) is 28.0 Å². The molecule has 0 bridgehead atoms. The van der Waals surface area contributed by atoms with Crippen LogP contribution in [0.15, 0.2) is 41.3 Å².